The molecule has 0 radical (unpaired) electrons. The van der Waals surface area contributed by atoms with Crippen LogP contribution in [0.2, 0.25) is 0 Å². The van der Waals surface area contributed by atoms with Gasteiger partial charge in [0, 0.05) is 31.4 Å². The summed E-state index contributed by atoms with van der Waals surface area (Å²) >= 11 is 0.964. The summed E-state index contributed by atoms with van der Waals surface area (Å²) in [5, 5.41) is 7.30. The molecule has 0 spiro atoms. The van der Waals surface area contributed by atoms with Crippen LogP contribution in [-0.2, 0) is 22.1 Å². The van der Waals surface area contributed by atoms with Crippen LogP contribution in [0, 0.1) is 0 Å². The standard InChI is InChI=1S/C13H19F3N4O2S.HI/c1-3-17-12(19-7-5-11(21)22-2)18-6-4-10-20-9(8-23-10)13(14,15)16;/h8H,3-7H2,1-2H3,(H2,17,18,19);1H. The maximum absolute atomic E-state index is 12.4. The van der Waals surface area contributed by atoms with Crippen LogP contribution in [0.1, 0.15) is 24.0 Å². The number of aromatic nitrogens is 1. The number of halogens is 4. The molecular formula is C13H20F3IN4O2S. The molecule has 11 heteroatoms. The lowest BCUT2D eigenvalue weighted by Gasteiger charge is -2.10. The van der Waals surface area contributed by atoms with E-state index in [9.17, 15) is 18.0 Å². The molecule has 1 rings (SSSR count). The Balaban J connectivity index is 0.00000529. The number of methoxy groups -OCH3 is 1. The van der Waals surface area contributed by atoms with Crippen molar-refractivity contribution in [3.05, 3.63) is 16.1 Å². The second kappa shape index (κ2) is 11.4. The lowest BCUT2D eigenvalue weighted by atomic mass is 10.4. The fraction of sp³-hybridized carbons (Fsp3) is 0.615. The Morgan fingerprint density at radius 1 is 1.42 bits per heavy atom. The minimum atomic E-state index is -4.41. The SMILES string of the molecule is CCNC(=NCCc1nc(C(F)(F)F)cs1)NCCC(=O)OC.I. The van der Waals surface area contributed by atoms with Crippen LogP contribution < -0.4 is 10.6 Å². The minimum absolute atomic E-state index is 0. The molecule has 2 N–H and O–H groups in total. The number of rotatable bonds is 7. The second-order valence-electron chi connectivity index (χ2n) is 4.39. The number of guanidine groups is 1. The van der Waals surface area contributed by atoms with Gasteiger partial charge in [-0.2, -0.15) is 13.2 Å². The van der Waals surface area contributed by atoms with Gasteiger partial charge in [0.2, 0.25) is 0 Å². The summed E-state index contributed by atoms with van der Waals surface area (Å²) in [7, 11) is 1.31. The summed E-state index contributed by atoms with van der Waals surface area (Å²) in [6.07, 6.45) is -3.90. The molecule has 0 aliphatic heterocycles. The van der Waals surface area contributed by atoms with Crippen LogP contribution in [0.25, 0.3) is 0 Å². The Hall–Kier alpha value is -1.11. The number of ether oxygens (including phenoxy) is 1. The molecule has 138 valence electrons. The zero-order valence-corrected chi connectivity index (χ0v) is 16.4. The summed E-state index contributed by atoms with van der Waals surface area (Å²) in [5.41, 5.74) is -0.871. The van der Waals surface area contributed by atoms with Crippen molar-refractivity contribution in [2.24, 2.45) is 4.99 Å². The topological polar surface area (TPSA) is 75.6 Å². The molecule has 1 aromatic rings. The summed E-state index contributed by atoms with van der Waals surface area (Å²) in [5.74, 6) is 0.153. The molecule has 0 aliphatic rings. The van der Waals surface area contributed by atoms with E-state index < -0.39 is 11.9 Å². The van der Waals surface area contributed by atoms with Crippen molar-refractivity contribution in [1.29, 1.82) is 0 Å². The van der Waals surface area contributed by atoms with E-state index in [2.05, 4.69) is 25.3 Å². The smallest absolute Gasteiger partial charge is 0.434 e. The van der Waals surface area contributed by atoms with Crippen LogP contribution in [0.5, 0.6) is 0 Å². The molecule has 0 aromatic carbocycles. The summed E-state index contributed by atoms with van der Waals surface area (Å²) in [6.45, 7) is 3.15. The summed E-state index contributed by atoms with van der Waals surface area (Å²) in [6, 6.07) is 0. The van der Waals surface area contributed by atoms with Gasteiger partial charge in [0.05, 0.1) is 18.5 Å². The Labute approximate surface area is 159 Å². The number of aliphatic imine (C=N–C) groups is 1. The van der Waals surface area contributed by atoms with E-state index >= 15 is 0 Å². The van der Waals surface area contributed by atoms with E-state index in [-0.39, 0.29) is 36.4 Å². The number of carbonyl (C=O) groups excluding carboxylic acids is 1. The molecule has 0 aliphatic carbocycles. The van der Waals surface area contributed by atoms with Gasteiger partial charge < -0.3 is 15.4 Å². The van der Waals surface area contributed by atoms with Crippen molar-refractivity contribution in [3.63, 3.8) is 0 Å². The molecule has 0 unspecified atom stereocenters. The third-order valence-electron chi connectivity index (χ3n) is 2.63. The fourth-order valence-electron chi connectivity index (χ4n) is 1.55. The average Bonchev–Trinajstić information content (AvgIpc) is 2.96. The van der Waals surface area contributed by atoms with Gasteiger partial charge in [-0.15, -0.1) is 35.3 Å². The summed E-state index contributed by atoms with van der Waals surface area (Å²) in [4.78, 5) is 18.8. The lowest BCUT2D eigenvalue weighted by molar-refractivity contribution is -0.141. The van der Waals surface area contributed by atoms with Crippen molar-refractivity contribution in [1.82, 2.24) is 15.6 Å². The Morgan fingerprint density at radius 3 is 2.67 bits per heavy atom. The van der Waals surface area contributed by atoms with Crippen LogP contribution in [0.4, 0.5) is 13.2 Å². The number of hydrogen-bond donors (Lipinski definition) is 2. The van der Waals surface area contributed by atoms with Crippen molar-refractivity contribution >= 4 is 47.2 Å². The molecular weight excluding hydrogens is 460 g/mol. The number of nitrogens with zero attached hydrogens (tertiary/aromatic N) is 2. The number of esters is 1. The number of thiazole rings is 1. The predicted molar refractivity (Wildman–Crippen MR) is 96.8 cm³/mol. The highest BCUT2D eigenvalue weighted by molar-refractivity contribution is 14.0. The van der Waals surface area contributed by atoms with Crippen LogP contribution in [0.15, 0.2) is 10.4 Å². The zero-order chi connectivity index (χ0) is 17.3. The van der Waals surface area contributed by atoms with E-state index in [0.717, 1.165) is 16.7 Å². The lowest BCUT2D eigenvalue weighted by Crippen LogP contribution is -2.38. The molecule has 0 fully saturated rings. The molecule has 0 amide bonds. The third-order valence-corrected chi connectivity index (χ3v) is 3.54. The molecule has 0 bridgehead atoms. The first-order valence-electron chi connectivity index (χ1n) is 6.97. The quantitative estimate of drug-likeness (QED) is 0.272. The van der Waals surface area contributed by atoms with Gasteiger partial charge >= 0.3 is 12.1 Å². The molecule has 24 heavy (non-hydrogen) atoms. The summed E-state index contributed by atoms with van der Waals surface area (Å²) < 4.78 is 41.9. The number of carbonyl (C=O) groups is 1. The van der Waals surface area contributed by atoms with Gasteiger partial charge in [0.25, 0.3) is 0 Å². The first-order chi connectivity index (χ1) is 10.9. The predicted octanol–water partition coefficient (Wildman–Crippen LogP) is 2.44. The van der Waals surface area contributed by atoms with Gasteiger partial charge in [0.15, 0.2) is 11.7 Å². The van der Waals surface area contributed by atoms with Crippen molar-refractivity contribution in [2.75, 3.05) is 26.7 Å². The van der Waals surface area contributed by atoms with Gasteiger partial charge in [-0.25, -0.2) is 4.98 Å². The molecule has 1 aromatic heterocycles. The molecule has 6 nitrogen and oxygen atoms in total. The maximum Gasteiger partial charge on any atom is 0.434 e. The monoisotopic (exact) mass is 480 g/mol. The van der Waals surface area contributed by atoms with E-state index in [0.29, 0.717) is 37.0 Å². The van der Waals surface area contributed by atoms with Gasteiger partial charge in [-0.1, -0.05) is 0 Å². The van der Waals surface area contributed by atoms with Gasteiger partial charge in [-0.3, -0.25) is 9.79 Å². The van der Waals surface area contributed by atoms with Crippen molar-refractivity contribution in [3.8, 4) is 0 Å². The minimum Gasteiger partial charge on any atom is -0.469 e. The highest BCUT2D eigenvalue weighted by Gasteiger charge is 2.33. The molecule has 0 saturated heterocycles. The third kappa shape index (κ3) is 8.66. The maximum atomic E-state index is 12.4. The van der Waals surface area contributed by atoms with Crippen molar-refractivity contribution < 1.29 is 22.7 Å². The van der Waals surface area contributed by atoms with Gasteiger partial charge in [0.1, 0.15) is 0 Å². The average molecular weight is 480 g/mol. The Morgan fingerprint density at radius 2 is 2.12 bits per heavy atom. The fourth-order valence-corrected chi connectivity index (χ4v) is 2.34. The van der Waals surface area contributed by atoms with Crippen LogP contribution >= 0.6 is 35.3 Å². The zero-order valence-electron chi connectivity index (χ0n) is 13.3. The van der Waals surface area contributed by atoms with E-state index in [4.69, 9.17) is 0 Å². The second-order valence-corrected chi connectivity index (χ2v) is 5.33. The van der Waals surface area contributed by atoms with E-state index in [1.807, 2.05) is 6.92 Å². The first-order valence-corrected chi connectivity index (χ1v) is 7.85. The highest BCUT2D eigenvalue weighted by Crippen LogP contribution is 2.30. The Bertz CT molecular complexity index is 538. The largest absolute Gasteiger partial charge is 0.469 e. The first kappa shape index (κ1) is 22.9. The highest BCUT2D eigenvalue weighted by atomic mass is 127. The van der Waals surface area contributed by atoms with Crippen LogP contribution in [0.3, 0.4) is 0 Å². The normalized spacial score (nSPS) is 11.6. The number of hydrogen-bond acceptors (Lipinski definition) is 5. The van der Waals surface area contributed by atoms with E-state index in [1.165, 1.54) is 7.11 Å². The van der Waals surface area contributed by atoms with Crippen LogP contribution in [-0.4, -0.2) is 43.7 Å². The number of alkyl halides is 3. The molecule has 1 heterocycles. The molecule has 0 saturated carbocycles. The van der Waals surface area contributed by atoms with E-state index in [1.54, 1.807) is 0 Å². The molecule has 0 atom stereocenters. The Kier molecular flexibility index (Phi) is 10.9. The number of nitrogens with one attached hydrogen (secondary N) is 2. The van der Waals surface area contributed by atoms with Gasteiger partial charge in [-0.05, 0) is 6.92 Å². The van der Waals surface area contributed by atoms with Crippen molar-refractivity contribution in [2.45, 2.75) is 25.9 Å².